The van der Waals surface area contributed by atoms with E-state index in [4.69, 9.17) is 13.9 Å². The van der Waals surface area contributed by atoms with Gasteiger partial charge in [-0.15, -0.1) is 0 Å². The number of nitrogens with one attached hydrogen (secondary N) is 1. The molecule has 6 heteroatoms. The van der Waals surface area contributed by atoms with Crippen LogP contribution in [0.3, 0.4) is 0 Å². The van der Waals surface area contributed by atoms with E-state index >= 15 is 0 Å². The summed E-state index contributed by atoms with van der Waals surface area (Å²) in [6.07, 6.45) is -0.685. The standard InChI is InChI=1S/C19H19NO5/c1-4-18(21)24-11(2)19(22)20-14-10-16-13(9-17(14)23-3)12-7-5-6-8-15(12)25-16/h5-11H,4H2,1-3H3,(H,20,22)/t11-/m1/s1. The summed E-state index contributed by atoms with van der Waals surface area (Å²) in [6, 6.07) is 11.2. The molecule has 25 heavy (non-hydrogen) atoms. The minimum Gasteiger partial charge on any atom is -0.495 e. The average molecular weight is 341 g/mol. The Morgan fingerprint density at radius 1 is 1.16 bits per heavy atom. The van der Waals surface area contributed by atoms with E-state index in [-0.39, 0.29) is 6.42 Å². The highest BCUT2D eigenvalue weighted by molar-refractivity contribution is 6.08. The second kappa shape index (κ2) is 6.84. The van der Waals surface area contributed by atoms with Crippen LogP contribution in [-0.2, 0) is 14.3 Å². The molecule has 1 N–H and O–H groups in total. The van der Waals surface area contributed by atoms with Crippen molar-refractivity contribution >= 4 is 39.5 Å². The lowest BCUT2D eigenvalue weighted by atomic mass is 10.1. The smallest absolute Gasteiger partial charge is 0.306 e. The Balaban J connectivity index is 1.94. The van der Waals surface area contributed by atoms with Crippen LogP contribution in [0, 0.1) is 0 Å². The number of hydrogen-bond donors (Lipinski definition) is 1. The first-order valence-electron chi connectivity index (χ1n) is 8.03. The number of carbonyl (C=O) groups excluding carboxylic acids is 2. The highest BCUT2D eigenvalue weighted by atomic mass is 16.5. The molecule has 0 saturated heterocycles. The first-order chi connectivity index (χ1) is 12.0. The van der Waals surface area contributed by atoms with Crippen LogP contribution < -0.4 is 10.1 Å². The van der Waals surface area contributed by atoms with Crippen molar-refractivity contribution in [2.24, 2.45) is 0 Å². The molecule has 3 rings (SSSR count). The van der Waals surface area contributed by atoms with E-state index in [1.807, 2.05) is 30.3 Å². The second-order valence-corrected chi connectivity index (χ2v) is 5.62. The predicted octanol–water partition coefficient (Wildman–Crippen LogP) is 3.87. The maximum atomic E-state index is 12.3. The molecular weight excluding hydrogens is 322 g/mol. The average Bonchev–Trinajstić information content (AvgIpc) is 2.98. The minimum atomic E-state index is -0.900. The van der Waals surface area contributed by atoms with E-state index in [9.17, 15) is 9.59 Å². The number of rotatable bonds is 5. The van der Waals surface area contributed by atoms with E-state index in [1.165, 1.54) is 14.0 Å². The molecule has 0 unspecified atom stereocenters. The van der Waals surface area contributed by atoms with Crippen molar-refractivity contribution in [3.8, 4) is 5.75 Å². The summed E-state index contributed by atoms with van der Waals surface area (Å²) in [6.45, 7) is 3.20. The van der Waals surface area contributed by atoms with Crippen molar-refractivity contribution in [3.05, 3.63) is 36.4 Å². The fraction of sp³-hybridized carbons (Fsp3) is 0.263. The van der Waals surface area contributed by atoms with Crippen LogP contribution in [0.4, 0.5) is 5.69 Å². The van der Waals surface area contributed by atoms with Gasteiger partial charge in [-0.1, -0.05) is 25.1 Å². The van der Waals surface area contributed by atoms with Gasteiger partial charge in [0, 0.05) is 23.3 Å². The van der Waals surface area contributed by atoms with Crippen LogP contribution in [0.25, 0.3) is 21.9 Å². The number of furan rings is 1. The Kier molecular flexibility index (Phi) is 4.61. The minimum absolute atomic E-state index is 0.214. The van der Waals surface area contributed by atoms with Gasteiger partial charge < -0.3 is 19.2 Å². The van der Waals surface area contributed by atoms with Crippen molar-refractivity contribution in [1.29, 1.82) is 0 Å². The molecule has 3 aromatic rings. The number of methoxy groups -OCH3 is 1. The third-order valence-electron chi connectivity index (χ3n) is 3.92. The van der Waals surface area contributed by atoms with Crippen molar-refractivity contribution < 1.29 is 23.5 Å². The van der Waals surface area contributed by atoms with E-state index < -0.39 is 18.0 Å². The first-order valence-corrected chi connectivity index (χ1v) is 8.03. The number of amides is 1. The monoisotopic (exact) mass is 341 g/mol. The summed E-state index contributed by atoms with van der Waals surface area (Å²) >= 11 is 0. The Hall–Kier alpha value is -3.02. The van der Waals surface area contributed by atoms with Gasteiger partial charge in [0.2, 0.25) is 0 Å². The molecular formula is C19H19NO5. The van der Waals surface area contributed by atoms with Crippen LogP contribution in [-0.4, -0.2) is 25.1 Å². The molecule has 0 radical (unpaired) electrons. The fourth-order valence-corrected chi connectivity index (χ4v) is 2.59. The SMILES string of the molecule is CCC(=O)O[C@H](C)C(=O)Nc1cc2oc3ccccc3c2cc1OC. The summed E-state index contributed by atoms with van der Waals surface area (Å²) in [7, 11) is 1.53. The van der Waals surface area contributed by atoms with Gasteiger partial charge in [-0.2, -0.15) is 0 Å². The molecule has 0 aliphatic heterocycles. The van der Waals surface area contributed by atoms with Gasteiger partial charge in [0.1, 0.15) is 16.9 Å². The van der Waals surface area contributed by atoms with Crippen LogP contribution in [0.1, 0.15) is 20.3 Å². The summed E-state index contributed by atoms with van der Waals surface area (Å²) in [5.41, 5.74) is 1.85. The van der Waals surface area contributed by atoms with E-state index in [2.05, 4.69) is 5.32 Å². The quantitative estimate of drug-likeness (QED) is 0.713. The zero-order valence-corrected chi connectivity index (χ0v) is 14.3. The van der Waals surface area contributed by atoms with Gasteiger partial charge in [0.05, 0.1) is 12.8 Å². The molecule has 0 saturated carbocycles. The number of fused-ring (bicyclic) bond motifs is 3. The summed E-state index contributed by atoms with van der Waals surface area (Å²) in [5, 5.41) is 4.60. The first kappa shape index (κ1) is 16.8. The zero-order valence-electron chi connectivity index (χ0n) is 14.3. The molecule has 1 atom stereocenters. The zero-order chi connectivity index (χ0) is 18.0. The van der Waals surface area contributed by atoms with E-state index in [0.717, 1.165) is 16.4 Å². The number of anilines is 1. The molecule has 1 heterocycles. The predicted molar refractivity (Wildman–Crippen MR) is 94.7 cm³/mol. The van der Waals surface area contributed by atoms with Gasteiger partial charge in [0.25, 0.3) is 5.91 Å². The number of carbonyl (C=O) groups is 2. The van der Waals surface area contributed by atoms with Crippen LogP contribution in [0.15, 0.2) is 40.8 Å². The van der Waals surface area contributed by atoms with Gasteiger partial charge in [-0.05, 0) is 19.1 Å². The fourth-order valence-electron chi connectivity index (χ4n) is 2.59. The van der Waals surface area contributed by atoms with Crippen molar-refractivity contribution in [3.63, 3.8) is 0 Å². The molecule has 6 nitrogen and oxygen atoms in total. The van der Waals surface area contributed by atoms with Crippen LogP contribution >= 0.6 is 0 Å². The molecule has 0 spiro atoms. The summed E-state index contributed by atoms with van der Waals surface area (Å²) in [5.74, 6) is -0.362. The van der Waals surface area contributed by atoms with Crippen LogP contribution in [0.5, 0.6) is 5.75 Å². The number of hydrogen-bond acceptors (Lipinski definition) is 5. The van der Waals surface area contributed by atoms with Crippen molar-refractivity contribution in [2.45, 2.75) is 26.4 Å². The molecule has 2 aromatic carbocycles. The Labute approximate surface area is 144 Å². The lowest BCUT2D eigenvalue weighted by Crippen LogP contribution is -2.29. The third-order valence-corrected chi connectivity index (χ3v) is 3.92. The molecule has 0 bridgehead atoms. The molecule has 130 valence electrons. The van der Waals surface area contributed by atoms with Gasteiger partial charge >= 0.3 is 5.97 Å². The maximum absolute atomic E-state index is 12.3. The van der Waals surface area contributed by atoms with Crippen LogP contribution in [0.2, 0.25) is 0 Å². The molecule has 1 aromatic heterocycles. The molecule has 0 aliphatic rings. The van der Waals surface area contributed by atoms with Crippen molar-refractivity contribution in [2.75, 3.05) is 12.4 Å². The normalized spacial score (nSPS) is 12.1. The lowest BCUT2D eigenvalue weighted by Gasteiger charge is -2.15. The van der Waals surface area contributed by atoms with E-state index in [0.29, 0.717) is 17.0 Å². The van der Waals surface area contributed by atoms with Gasteiger partial charge in [-0.25, -0.2) is 0 Å². The van der Waals surface area contributed by atoms with Gasteiger partial charge in [-0.3, -0.25) is 9.59 Å². The number of esters is 1. The molecule has 0 fully saturated rings. The summed E-state index contributed by atoms with van der Waals surface area (Å²) < 4.78 is 16.2. The summed E-state index contributed by atoms with van der Waals surface area (Å²) in [4.78, 5) is 23.6. The van der Waals surface area contributed by atoms with E-state index in [1.54, 1.807) is 13.0 Å². The van der Waals surface area contributed by atoms with Crippen molar-refractivity contribution in [1.82, 2.24) is 0 Å². The lowest BCUT2D eigenvalue weighted by molar-refractivity contribution is -0.152. The number of ether oxygens (including phenoxy) is 2. The van der Waals surface area contributed by atoms with Gasteiger partial charge in [0.15, 0.2) is 6.10 Å². The number of para-hydroxylation sites is 1. The second-order valence-electron chi connectivity index (χ2n) is 5.62. The molecule has 1 amide bonds. The topological polar surface area (TPSA) is 77.8 Å². The third kappa shape index (κ3) is 3.28. The Morgan fingerprint density at radius 2 is 1.92 bits per heavy atom. The largest absolute Gasteiger partial charge is 0.495 e. The highest BCUT2D eigenvalue weighted by Gasteiger charge is 2.20. The maximum Gasteiger partial charge on any atom is 0.306 e. The molecule has 0 aliphatic carbocycles. The Bertz CT molecular complexity index is 944. The highest BCUT2D eigenvalue weighted by Crippen LogP contribution is 2.36. The number of benzene rings is 2. The Morgan fingerprint density at radius 3 is 2.64 bits per heavy atom.